The fourth-order valence-corrected chi connectivity index (χ4v) is 2.64. The molecular weight excluding hydrogens is 244 g/mol. The molecule has 7 heteroatoms. The predicted octanol–water partition coefficient (Wildman–Crippen LogP) is 0.906. The number of aromatic amines is 1. The lowest BCUT2D eigenvalue weighted by molar-refractivity contribution is 0.0595. The Bertz CT molecular complexity index is 561. The average Bonchev–Trinajstić information content (AvgIpc) is 3.09. The Balaban J connectivity index is 1.90. The van der Waals surface area contributed by atoms with E-state index in [0.29, 0.717) is 5.69 Å². The van der Waals surface area contributed by atoms with Gasteiger partial charge >= 0.3 is 0 Å². The lowest BCUT2D eigenvalue weighted by Gasteiger charge is -2.35. The molecular formula is C12H16N6O. The number of aryl methyl sites for hydroxylation is 1. The summed E-state index contributed by atoms with van der Waals surface area (Å²) < 4.78 is 1.83. The van der Waals surface area contributed by atoms with Crippen LogP contribution in [0.1, 0.15) is 41.5 Å². The highest BCUT2D eigenvalue weighted by molar-refractivity contribution is 5.92. The van der Waals surface area contributed by atoms with E-state index >= 15 is 0 Å². The van der Waals surface area contributed by atoms with E-state index in [0.717, 1.165) is 31.5 Å². The summed E-state index contributed by atoms with van der Waals surface area (Å²) >= 11 is 0. The number of rotatable bonds is 2. The quantitative estimate of drug-likeness (QED) is 0.870. The highest BCUT2D eigenvalue weighted by Gasteiger charge is 2.31. The first kappa shape index (κ1) is 11.9. The van der Waals surface area contributed by atoms with Gasteiger partial charge < -0.3 is 4.90 Å². The summed E-state index contributed by atoms with van der Waals surface area (Å²) in [6, 6.07) is 2.05. The second-order valence-electron chi connectivity index (χ2n) is 4.75. The number of piperidine rings is 1. The van der Waals surface area contributed by atoms with E-state index in [4.69, 9.17) is 0 Å². The zero-order chi connectivity index (χ0) is 13.2. The van der Waals surface area contributed by atoms with Crippen molar-refractivity contribution in [1.29, 1.82) is 0 Å². The van der Waals surface area contributed by atoms with Crippen LogP contribution in [0.25, 0.3) is 0 Å². The molecule has 0 aromatic carbocycles. The number of hydrogen-bond acceptors (Lipinski definition) is 4. The van der Waals surface area contributed by atoms with Gasteiger partial charge in [0.05, 0.1) is 17.9 Å². The molecule has 0 bridgehead atoms. The molecule has 100 valence electrons. The standard InChI is InChI=1S/C12H16N6O/c1-17-10(5-6-14-17)11-4-2-3-7-18(11)12(19)9-8-13-16-15-9/h5-6,8,11H,2-4,7H2,1H3,(H,13,15,16). The average molecular weight is 260 g/mol. The van der Waals surface area contributed by atoms with Crippen molar-refractivity contribution in [2.45, 2.75) is 25.3 Å². The maximum atomic E-state index is 12.5. The molecule has 1 amide bonds. The van der Waals surface area contributed by atoms with Gasteiger partial charge in [-0.3, -0.25) is 9.48 Å². The Labute approximate surface area is 110 Å². The highest BCUT2D eigenvalue weighted by Crippen LogP contribution is 2.31. The van der Waals surface area contributed by atoms with Gasteiger partial charge in [0.15, 0.2) is 5.69 Å². The number of amides is 1. The monoisotopic (exact) mass is 260 g/mol. The smallest absolute Gasteiger partial charge is 0.276 e. The lowest BCUT2D eigenvalue weighted by atomic mass is 9.99. The number of nitrogens with one attached hydrogen (secondary N) is 1. The van der Waals surface area contributed by atoms with Crippen LogP contribution in [0.5, 0.6) is 0 Å². The molecule has 3 rings (SSSR count). The van der Waals surface area contributed by atoms with Gasteiger partial charge in [-0.05, 0) is 25.3 Å². The van der Waals surface area contributed by atoms with Crippen molar-refractivity contribution < 1.29 is 4.79 Å². The van der Waals surface area contributed by atoms with Crippen LogP contribution < -0.4 is 0 Å². The predicted molar refractivity (Wildman–Crippen MR) is 67.2 cm³/mol. The van der Waals surface area contributed by atoms with E-state index in [9.17, 15) is 4.79 Å². The fourth-order valence-electron chi connectivity index (χ4n) is 2.64. The second kappa shape index (κ2) is 4.83. The van der Waals surface area contributed by atoms with Gasteiger partial charge in [-0.25, -0.2) is 0 Å². The molecule has 1 saturated heterocycles. The minimum atomic E-state index is -0.0698. The SMILES string of the molecule is Cn1nccc1C1CCCCN1C(=O)c1cn[nH]n1. The van der Waals surface area contributed by atoms with E-state index in [1.807, 2.05) is 22.7 Å². The van der Waals surface area contributed by atoms with Crippen molar-refractivity contribution in [1.82, 2.24) is 30.1 Å². The van der Waals surface area contributed by atoms with Crippen LogP contribution in [0.3, 0.4) is 0 Å². The number of aromatic nitrogens is 5. The first-order valence-electron chi connectivity index (χ1n) is 6.42. The van der Waals surface area contributed by atoms with Crippen LogP contribution in [0.4, 0.5) is 0 Å². The van der Waals surface area contributed by atoms with Gasteiger partial charge in [0.25, 0.3) is 5.91 Å². The van der Waals surface area contributed by atoms with Gasteiger partial charge in [-0.2, -0.15) is 20.5 Å². The van der Waals surface area contributed by atoms with Crippen LogP contribution >= 0.6 is 0 Å². The molecule has 1 atom stereocenters. The third-order valence-corrected chi connectivity index (χ3v) is 3.60. The molecule has 1 unspecified atom stereocenters. The van der Waals surface area contributed by atoms with E-state index < -0.39 is 0 Å². The maximum absolute atomic E-state index is 12.5. The van der Waals surface area contributed by atoms with Crippen LogP contribution in [0, 0.1) is 0 Å². The zero-order valence-electron chi connectivity index (χ0n) is 10.8. The van der Waals surface area contributed by atoms with Crippen molar-refractivity contribution in [2.24, 2.45) is 7.05 Å². The van der Waals surface area contributed by atoms with Crippen LogP contribution in [0.15, 0.2) is 18.5 Å². The minimum Gasteiger partial charge on any atom is -0.329 e. The fraction of sp³-hybridized carbons (Fsp3) is 0.500. The second-order valence-corrected chi connectivity index (χ2v) is 4.75. The Morgan fingerprint density at radius 1 is 1.47 bits per heavy atom. The summed E-state index contributed by atoms with van der Waals surface area (Å²) in [4.78, 5) is 14.3. The number of H-pyrrole nitrogens is 1. The summed E-state index contributed by atoms with van der Waals surface area (Å²) in [6.45, 7) is 0.752. The lowest BCUT2D eigenvalue weighted by Crippen LogP contribution is -2.39. The summed E-state index contributed by atoms with van der Waals surface area (Å²) in [5, 5.41) is 14.3. The third-order valence-electron chi connectivity index (χ3n) is 3.60. The number of carbonyl (C=O) groups is 1. The summed E-state index contributed by atoms with van der Waals surface area (Å²) in [6.07, 6.45) is 6.35. The van der Waals surface area contributed by atoms with Gasteiger partial charge in [0, 0.05) is 19.8 Å². The molecule has 2 aromatic heterocycles. The third kappa shape index (κ3) is 2.11. The van der Waals surface area contributed by atoms with Gasteiger partial charge in [-0.15, -0.1) is 0 Å². The van der Waals surface area contributed by atoms with E-state index in [1.165, 1.54) is 6.20 Å². The molecule has 19 heavy (non-hydrogen) atoms. The normalized spacial score (nSPS) is 19.6. The van der Waals surface area contributed by atoms with Crippen molar-refractivity contribution in [3.05, 3.63) is 29.8 Å². The van der Waals surface area contributed by atoms with Crippen molar-refractivity contribution in [2.75, 3.05) is 6.54 Å². The van der Waals surface area contributed by atoms with E-state index in [1.54, 1.807) is 6.20 Å². The van der Waals surface area contributed by atoms with Gasteiger partial charge in [0.1, 0.15) is 0 Å². The number of hydrogen-bond donors (Lipinski definition) is 1. The number of nitrogens with zero attached hydrogens (tertiary/aromatic N) is 5. The van der Waals surface area contributed by atoms with Crippen molar-refractivity contribution >= 4 is 5.91 Å². The highest BCUT2D eigenvalue weighted by atomic mass is 16.2. The maximum Gasteiger partial charge on any atom is 0.276 e. The molecule has 1 N–H and O–H groups in total. The number of likely N-dealkylation sites (tertiary alicyclic amines) is 1. The van der Waals surface area contributed by atoms with Crippen molar-refractivity contribution in [3.8, 4) is 0 Å². The van der Waals surface area contributed by atoms with Crippen molar-refractivity contribution in [3.63, 3.8) is 0 Å². The van der Waals surface area contributed by atoms with E-state index in [2.05, 4.69) is 20.5 Å². The Hall–Kier alpha value is -2.18. The largest absolute Gasteiger partial charge is 0.329 e. The summed E-state index contributed by atoms with van der Waals surface area (Å²) in [7, 11) is 1.91. The molecule has 3 heterocycles. The Kier molecular flexibility index (Phi) is 3.02. The molecule has 1 aliphatic heterocycles. The Morgan fingerprint density at radius 3 is 3.05 bits per heavy atom. The van der Waals surface area contributed by atoms with E-state index in [-0.39, 0.29) is 11.9 Å². The van der Waals surface area contributed by atoms with Crippen LogP contribution in [0.2, 0.25) is 0 Å². The first-order valence-corrected chi connectivity index (χ1v) is 6.42. The molecule has 1 fully saturated rings. The molecule has 0 spiro atoms. The molecule has 0 radical (unpaired) electrons. The molecule has 7 nitrogen and oxygen atoms in total. The molecule has 1 aliphatic rings. The van der Waals surface area contributed by atoms with Crippen LogP contribution in [-0.4, -0.2) is 42.5 Å². The first-order chi connectivity index (χ1) is 9.27. The molecule has 2 aromatic rings. The molecule has 0 saturated carbocycles. The molecule has 0 aliphatic carbocycles. The zero-order valence-corrected chi connectivity index (χ0v) is 10.8. The van der Waals surface area contributed by atoms with Gasteiger partial charge in [0.2, 0.25) is 0 Å². The van der Waals surface area contributed by atoms with Gasteiger partial charge in [-0.1, -0.05) is 0 Å². The Morgan fingerprint density at radius 2 is 2.37 bits per heavy atom. The number of carbonyl (C=O) groups excluding carboxylic acids is 1. The summed E-state index contributed by atoms with van der Waals surface area (Å²) in [5.74, 6) is -0.0698. The minimum absolute atomic E-state index is 0.0698. The topological polar surface area (TPSA) is 79.7 Å². The van der Waals surface area contributed by atoms with Crippen LogP contribution in [-0.2, 0) is 7.05 Å². The summed E-state index contributed by atoms with van der Waals surface area (Å²) in [5.41, 5.74) is 1.44.